The third-order valence-corrected chi connectivity index (χ3v) is 9.77. The van der Waals surface area contributed by atoms with Crippen LogP contribution in [0.1, 0.15) is 55.2 Å². The quantitative estimate of drug-likeness (QED) is 0.295. The summed E-state index contributed by atoms with van der Waals surface area (Å²) in [5.74, 6) is 1.60. The van der Waals surface area contributed by atoms with Gasteiger partial charge in [-0.25, -0.2) is 9.78 Å². The first-order chi connectivity index (χ1) is 19.9. The lowest BCUT2D eigenvalue weighted by molar-refractivity contribution is -0.140. The fourth-order valence-electron chi connectivity index (χ4n) is 6.19. The van der Waals surface area contributed by atoms with Crippen molar-refractivity contribution in [3.05, 3.63) is 46.0 Å². The largest absolute Gasteiger partial charge is 0.493 e. The summed E-state index contributed by atoms with van der Waals surface area (Å²) in [5.41, 5.74) is 2.34. The predicted molar refractivity (Wildman–Crippen MR) is 163 cm³/mol. The van der Waals surface area contributed by atoms with Crippen LogP contribution in [0.15, 0.2) is 29.8 Å². The fourth-order valence-corrected chi connectivity index (χ4v) is 7.20. The number of thiazole rings is 1. The highest BCUT2D eigenvalue weighted by atomic mass is 32.1. The number of nitrogens with zero attached hydrogens (tertiary/aromatic N) is 4. The van der Waals surface area contributed by atoms with Crippen molar-refractivity contribution in [1.82, 2.24) is 14.8 Å². The number of hydrogen-bond acceptors (Lipinski definition) is 8. The Hall–Kier alpha value is -2.91. The van der Waals surface area contributed by atoms with E-state index in [1.165, 1.54) is 30.6 Å². The van der Waals surface area contributed by atoms with E-state index < -0.39 is 5.97 Å². The summed E-state index contributed by atoms with van der Waals surface area (Å²) in [5, 5.41) is 1.11. The number of fused-ring (bicyclic) bond motifs is 1. The lowest BCUT2D eigenvalue weighted by atomic mass is 9.82. The highest BCUT2D eigenvalue weighted by molar-refractivity contribution is 7.15. The van der Waals surface area contributed by atoms with E-state index in [0.717, 1.165) is 67.8 Å². The number of amides is 1. The van der Waals surface area contributed by atoms with Crippen molar-refractivity contribution in [2.75, 3.05) is 64.4 Å². The number of aryl methyl sites for hydroxylation is 1. The molecule has 8 nitrogen and oxygen atoms in total. The Kier molecular flexibility index (Phi) is 9.98. The minimum atomic E-state index is -0.424. The number of benzene rings is 1. The Balaban J connectivity index is 1.16. The standard InChI is InChI=1S/C32H44N4O4S/c1-4-39-31(38)27(20-30(37)36-21-25-7-5-6-8-26(25)22-36)19-24-9-11-28(12-10-24)40-18-13-29-23(2)41-32(33-29)35-16-14-34(3)15-17-35/h9-12,19,25-26H,4-8,13-18,20-22H2,1-3H3/b27-19+/t25-,26+. The topological polar surface area (TPSA) is 75.2 Å². The molecule has 41 heavy (non-hydrogen) atoms. The van der Waals surface area contributed by atoms with Gasteiger partial charge in [-0.1, -0.05) is 25.0 Å². The lowest BCUT2D eigenvalue weighted by Gasteiger charge is -2.32. The van der Waals surface area contributed by atoms with Crippen LogP contribution in [0.2, 0.25) is 0 Å². The number of carbonyl (C=O) groups excluding carboxylic acids is 2. The number of ether oxygens (including phenoxy) is 2. The molecule has 1 aromatic heterocycles. The van der Waals surface area contributed by atoms with E-state index in [4.69, 9.17) is 14.5 Å². The highest BCUT2D eigenvalue weighted by Crippen LogP contribution is 2.36. The van der Waals surface area contributed by atoms with E-state index in [1.807, 2.05) is 29.2 Å². The average molecular weight is 581 g/mol. The summed E-state index contributed by atoms with van der Waals surface area (Å²) in [7, 11) is 2.16. The molecule has 2 atom stereocenters. The Morgan fingerprint density at radius 1 is 1.05 bits per heavy atom. The SMILES string of the molecule is CCOC(=O)/C(=C/c1ccc(OCCc2nc(N3CCN(C)CC3)sc2C)cc1)CC(=O)N1C[C@H]2CCCC[C@H]2C1. The van der Waals surface area contributed by atoms with Crippen molar-refractivity contribution < 1.29 is 19.1 Å². The summed E-state index contributed by atoms with van der Waals surface area (Å²) in [6.45, 7) is 10.6. The third-order valence-electron chi connectivity index (χ3n) is 8.69. The van der Waals surface area contributed by atoms with E-state index in [9.17, 15) is 9.59 Å². The maximum absolute atomic E-state index is 13.2. The number of likely N-dealkylation sites (tertiary alicyclic amines) is 1. The van der Waals surface area contributed by atoms with E-state index in [-0.39, 0.29) is 18.9 Å². The molecule has 1 saturated carbocycles. The molecule has 1 aromatic carbocycles. The number of likely N-dealkylation sites (N-methyl/N-ethyl adjacent to an activating group) is 1. The molecule has 3 aliphatic rings. The van der Waals surface area contributed by atoms with E-state index in [0.29, 0.717) is 24.0 Å². The minimum absolute atomic E-state index is 0.0202. The third kappa shape index (κ3) is 7.68. The second-order valence-electron chi connectivity index (χ2n) is 11.6. The van der Waals surface area contributed by atoms with Crippen molar-refractivity contribution in [2.45, 2.75) is 52.4 Å². The summed E-state index contributed by atoms with van der Waals surface area (Å²) in [6.07, 6.45) is 7.55. The van der Waals surface area contributed by atoms with Gasteiger partial charge in [-0.15, -0.1) is 11.3 Å². The zero-order valence-corrected chi connectivity index (χ0v) is 25.6. The minimum Gasteiger partial charge on any atom is -0.493 e. The molecule has 222 valence electrons. The van der Waals surface area contributed by atoms with Crippen molar-refractivity contribution >= 4 is 34.4 Å². The van der Waals surface area contributed by atoms with Gasteiger partial charge in [0.05, 0.1) is 25.3 Å². The predicted octanol–water partition coefficient (Wildman–Crippen LogP) is 4.81. The number of aromatic nitrogens is 1. The molecule has 1 amide bonds. The fraction of sp³-hybridized carbons (Fsp3) is 0.594. The van der Waals surface area contributed by atoms with Gasteiger partial charge in [0.1, 0.15) is 5.75 Å². The van der Waals surface area contributed by atoms with Gasteiger partial charge in [-0.05, 0) is 69.3 Å². The second kappa shape index (κ2) is 13.8. The van der Waals surface area contributed by atoms with Gasteiger partial charge in [-0.2, -0.15) is 0 Å². The smallest absolute Gasteiger partial charge is 0.334 e. The van der Waals surface area contributed by atoms with Crippen LogP contribution < -0.4 is 9.64 Å². The first kappa shape index (κ1) is 29.6. The van der Waals surface area contributed by atoms with Crippen LogP contribution in [-0.2, 0) is 20.7 Å². The molecule has 0 unspecified atom stereocenters. The Labute approximate surface area is 248 Å². The average Bonchev–Trinajstić information content (AvgIpc) is 3.58. The van der Waals surface area contributed by atoms with Gasteiger partial charge in [0.25, 0.3) is 0 Å². The molecule has 5 rings (SSSR count). The molecule has 3 heterocycles. The molecule has 0 bridgehead atoms. The monoisotopic (exact) mass is 580 g/mol. The van der Waals surface area contributed by atoms with E-state index in [1.54, 1.807) is 24.3 Å². The van der Waals surface area contributed by atoms with Crippen LogP contribution in [0.25, 0.3) is 6.08 Å². The highest BCUT2D eigenvalue weighted by Gasteiger charge is 2.36. The van der Waals surface area contributed by atoms with Crippen molar-refractivity contribution in [3.8, 4) is 5.75 Å². The molecule has 3 fully saturated rings. The molecular formula is C32H44N4O4S. The second-order valence-corrected chi connectivity index (χ2v) is 12.8. The molecular weight excluding hydrogens is 536 g/mol. The first-order valence-electron chi connectivity index (χ1n) is 15.2. The summed E-state index contributed by atoms with van der Waals surface area (Å²) in [4.78, 5) is 38.7. The number of carbonyl (C=O) groups is 2. The van der Waals surface area contributed by atoms with Gasteiger partial charge in [0, 0.05) is 56.1 Å². The maximum atomic E-state index is 13.2. The van der Waals surface area contributed by atoms with E-state index in [2.05, 4.69) is 23.8 Å². The molecule has 2 saturated heterocycles. The Morgan fingerprint density at radius 3 is 2.39 bits per heavy atom. The van der Waals surface area contributed by atoms with Gasteiger partial charge >= 0.3 is 5.97 Å². The normalized spacial score (nSPS) is 21.6. The number of esters is 1. The van der Waals surface area contributed by atoms with E-state index >= 15 is 0 Å². The Bertz CT molecular complexity index is 1200. The maximum Gasteiger partial charge on any atom is 0.334 e. The summed E-state index contributed by atoms with van der Waals surface area (Å²) in [6, 6.07) is 7.66. The number of rotatable bonds is 10. The molecule has 2 aliphatic heterocycles. The first-order valence-corrected chi connectivity index (χ1v) is 16.0. The van der Waals surface area contributed by atoms with Crippen molar-refractivity contribution in [2.24, 2.45) is 11.8 Å². The van der Waals surface area contributed by atoms with Crippen LogP contribution in [0.4, 0.5) is 5.13 Å². The summed E-state index contributed by atoms with van der Waals surface area (Å²) < 4.78 is 11.3. The van der Waals surface area contributed by atoms with Crippen LogP contribution in [0, 0.1) is 18.8 Å². The molecule has 0 N–H and O–H groups in total. The van der Waals surface area contributed by atoms with Gasteiger partial charge in [0.15, 0.2) is 5.13 Å². The van der Waals surface area contributed by atoms with Crippen LogP contribution >= 0.6 is 11.3 Å². The molecule has 2 aromatic rings. The van der Waals surface area contributed by atoms with Crippen LogP contribution in [0.3, 0.4) is 0 Å². The lowest BCUT2D eigenvalue weighted by Crippen LogP contribution is -2.44. The number of piperazine rings is 1. The number of hydrogen-bond donors (Lipinski definition) is 0. The number of anilines is 1. The molecule has 9 heteroatoms. The van der Waals surface area contributed by atoms with Crippen LogP contribution in [0.5, 0.6) is 5.75 Å². The summed E-state index contributed by atoms with van der Waals surface area (Å²) >= 11 is 1.77. The molecule has 0 radical (unpaired) electrons. The van der Waals surface area contributed by atoms with Crippen molar-refractivity contribution in [3.63, 3.8) is 0 Å². The zero-order valence-electron chi connectivity index (χ0n) is 24.8. The van der Waals surface area contributed by atoms with Gasteiger partial charge in [0.2, 0.25) is 5.91 Å². The molecule has 1 aliphatic carbocycles. The Morgan fingerprint density at radius 2 is 1.73 bits per heavy atom. The molecule has 0 spiro atoms. The zero-order chi connectivity index (χ0) is 28.8. The van der Waals surface area contributed by atoms with Crippen molar-refractivity contribution in [1.29, 1.82) is 0 Å². The van der Waals surface area contributed by atoms with Gasteiger partial charge < -0.3 is 24.2 Å². The van der Waals surface area contributed by atoms with Gasteiger partial charge in [-0.3, -0.25) is 4.79 Å². The van der Waals surface area contributed by atoms with Crippen LogP contribution in [-0.4, -0.2) is 86.2 Å².